The molecule has 88 valence electrons. The molecule has 1 fully saturated rings. The molecule has 1 aromatic rings. The average Bonchev–Trinajstić information content (AvgIpc) is 2.52. The lowest BCUT2D eigenvalue weighted by Crippen LogP contribution is -2.30. The van der Waals surface area contributed by atoms with Crippen molar-refractivity contribution < 1.29 is 5.11 Å². The van der Waals surface area contributed by atoms with Crippen molar-refractivity contribution in [2.45, 2.75) is 37.3 Å². The van der Waals surface area contributed by atoms with Crippen LogP contribution in [0, 0.1) is 0 Å². The highest BCUT2D eigenvalue weighted by Gasteiger charge is 2.36. The molecule has 3 N–H and O–H groups in total. The van der Waals surface area contributed by atoms with Crippen molar-refractivity contribution in [3.8, 4) is 0 Å². The van der Waals surface area contributed by atoms with Gasteiger partial charge in [0.2, 0.25) is 0 Å². The summed E-state index contributed by atoms with van der Waals surface area (Å²) in [5.41, 5.74) is 6.05. The Hall–Kier alpha value is -0.280. The van der Waals surface area contributed by atoms with Crippen molar-refractivity contribution >= 4 is 23.2 Å². The summed E-state index contributed by atoms with van der Waals surface area (Å²) >= 11 is 11.9. The van der Waals surface area contributed by atoms with Gasteiger partial charge in [-0.05, 0) is 37.0 Å². The van der Waals surface area contributed by atoms with Crippen LogP contribution in [-0.2, 0) is 6.42 Å². The lowest BCUT2D eigenvalue weighted by atomic mass is 9.93. The van der Waals surface area contributed by atoms with E-state index in [1.54, 1.807) is 12.1 Å². The van der Waals surface area contributed by atoms with Crippen molar-refractivity contribution in [2.24, 2.45) is 5.73 Å². The summed E-state index contributed by atoms with van der Waals surface area (Å²) in [6.45, 7) is 0. The Morgan fingerprint density at radius 1 is 1.44 bits per heavy atom. The summed E-state index contributed by atoms with van der Waals surface area (Å²) in [6, 6.07) is 5.47. The van der Waals surface area contributed by atoms with Gasteiger partial charge in [0.1, 0.15) is 0 Å². The van der Waals surface area contributed by atoms with Crippen molar-refractivity contribution in [1.29, 1.82) is 0 Å². The fourth-order valence-corrected chi connectivity index (χ4v) is 2.80. The molecule has 1 aliphatic carbocycles. The van der Waals surface area contributed by atoms with Crippen LogP contribution in [0.1, 0.15) is 24.8 Å². The van der Waals surface area contributed by atoms with Crippen LogP contribution in [0.15, 0.2) is 18.2 Å². The summed E-state index contributed by atoms with van der Waals surface area (Å²) in [6.07, 6.45) is 2.82. The van der Waals surface area contributed by atoms with E-state index in [2.05, 4.69) is 0 Å². The molecule has 2 unspecified atom stereocenters. The molecule has 0 saturated heterocycles. The van der Waals surface area contributed by atoms with Gasteiger partial charge in [-0.2, -0.15) is 0 Å². The Balaban J connectivity index is 2.14. The summed E-state index contributed by atoms with van der Waals surface area (Å²) < 4.78 is 0. The molecule has 2 atom stereocenters. The van der Waals surface area contributed by atoms with Gasteiger partial charge < -0.3 is 10.8 Å². The molecule has 4 heteroatoms. The van der Waals surface area contributed by atoms with Crippen molar-refractivity contribution in [3.63, 3.8) is 0 Å². The van der Waals surface area contributed by atoms with Gasteiger partial charge in [-0.25, -0.2) is 0 Å². The van der Waals surface area contributed by atoms with Crippen LogP contribution >= 0.6 is 23.2 Å². The highest BCUT2D eigenvalue weighted by Crippen LogP contribution is 2.34. The molecule has 0 bridgehead atoms. The minimum absolute atomic E-state index is 0.107. The number of rotatable bonds is 2. The van der Waals surface area contributed by atoms with Gasteiger partial charge >= 0.3 is 0 Å². The highest BCUT2D eigenvalue weighted by atomic mass is 35.5. The zero-order valence-electron chi connectivity index (χ0n) is 8.92. The molecule has 0 aromatic heterocycles. The Labute approximate surface area is 105 Å². The highest BCUT2D eigenvalue weighted by molar-refractivity contribution is 6.35. The molecular weight excluding hydrogens is 245 g/mol. The smallest absolute Gasteiger partial charge is 0.0703 e. The predicted molar refractivity (Wildman–Crippen MR) is 66.9 cm³/mol. The second-order valence-corrected chi connectivity index (χ2v) is 5.48. The first kappa shape index (κ1) is 12.2. The number of halogens is 2. The second-order valence-electron chi connectivity index (χ2n) is 4.64. The molecular formula is C12H15Cl2NO. The maximum Gasteiger partial charge on any atom is 0.0703 e. The third kappa shape index (κ3) is 2.69. The Morgan fingerprint density at radius 2 is 2.19 bits per heavy atom. The van der Waals surface area contributed by atoms with E-state index in [4.69, 9.17) is 28.9 Å². The first-order chi connectivity index (χ1) is 7.48. The number of nitrogens with two attached hydrogens (primary N) is 1. The van der Waals surface area contributed by atoms with Crippen molar-refractivity contribution in [3.05, 3.63) is 33.8 Å². The Bertz CT molecular complexity index is 397. The van der Waals surface area contributed by atoms with Gasteiger partial charge in [-0.3, -0.25) is 0 Å². The van der Waals surface area contributed by atoms with E-state index in [1.807, 2.05) is 6.07 Å². The van der Waals surface area contributed by atoms with Gasteiger partial charge in [0, 0.05) is 22.5 Å². The molecule has 16 heavy (non-hydrogen) atoms. The predicted octanol–water partition coefficient (Wildman–Crippen LogP) is 2.78. The topological polar surface area (TPSA) is 46.2 Å². The minimum atomic E-state index is -0.698. The van der Waals surface area contributed by atoms with Crippen molar-refractivity contribution in [2.75, 3.05) is 0 Å². The summed E-state index contributed by atoms with van der Waals surface area (Å²) in [7, 11) is 0. The summed E-state index contributed by atoms with van der Waals surface area (Å²) in [5.74, 6) is 0. The standard InChI is InChI=1S/C12H15Cl2NO/c13-9-2-1-8(11(14)5-9)6-12(16)4-3-10(15)7-12/h1-2,5,10,16H,3-4,6-7,15H2. The van der Waals surface area contributed by atoms with Crippen LogP contribution in [0.25, 0.3) is 0 Å². The van der Waals surface area contributed by atoms with E-state index in [-0.39, 0.29) is 6.04 Å². The fourth-order valence-electron chi connectivity index (χ4n) is 2.33. The number of aliphatic hydroxyl groups is 1. The third-order valence-electron chi connectivity index (χ3n) is 3.16. The lowest BCUT2D eigenvalue weighted by molar-refractivity contribution is 0.0469. The van der Waals surface area contributed by atoms with Gasteiger partial charge in [0.05, 0.1) is 5.60 Å². The minimum Gasteiger partial charge on any atom is -0.389 e. The van der Waals surface area contributed by atoms with E-state index in [0.717, 1.165) is 18.4 Å². The zero-order chi connectivity index (χ0) is 11.8. The summed E-state index contributed by atoms with van der Waals surface area (Å²) in [4.78, 5) is 0. The monoisotopic (exact) mass is 259 g/mol. The van der Waals surface area contributed by atoms with Gasteiger partial charge in [0.15, 0.2) is 0 Å². The second kappa shape index (κ2) is 4.53. The molecule has 0 radical (unpaired) electrons. The molecule has 0 amide bonds. The summed E-state index contributed by atoms with van der Waals surface area (Å²) in [5, 5.41) is 11.6. The number of hydrogen-bond acceptors (Lipinski definition) is 2. The first-order valence-electron chi connectivity index (χ1n) is 5.40. The van der Waals surface area contributed by atoms with Gasteiger partial charge in [0.25, 0.3) is 0 Å². The van der Waals surface area contributed by atoms with Crippen molar-refractivity contribution in [1.82, 2.24) is 0 Å². The largest absolute Gasteiger partial charge is 0.389 e. The van der Waals surface area contributed by atoms with Gasteiger partial charge in [-0.1, -0.05) is 29.3 Å². The van der Waals surface area contributed by atoms with Crippen LogP contribution in [0.4, 0.5) is 0 Å². The zero-order valence-corrected chi connectivity index (χ0v) is 10.4. The molecule has 1 aliphatic rings. The van der Waals surface area contributed by atoms with E-state index in [0.29, 0.717) is 22.9 Å². The molecule has 0 aliphatic heterocycles. The quantitative estimate of drug-likeness (QED) is 0.858. The molecule has 2 rings (SSSR count). The van der Waals surface area contributed by atoms with Crippen LogP contribution in [0.3, 0.4) is 0 Å². The van der Waals surface area contributed by atoms with E-state index >= 15 is 0 Å². The van der Waals surface area contributed by atoms with Crippen LogP contribution in [0.2, 0.25) is 10.0 Å². The van der Waals surface area contributed by atoms with Crippen LogP contribution < -0.4 is 5.73 Å². The molecule has 1 saturated carbocycles. The number of hydrogen-bond donors (Lipinski definition) is 2. The lowest BCUT2D eigenvalue weighted by Gasteiger charge is -2.23. The normalized spacial score (nSPS) is 29.6. The van der Waals surface area contributed by atoms with Crippen LogP contribution in [0.5, 0.6) is 0 Å². The molecule has 0 heterocycles. The fraction of sp³-hybridized carbons (Fsp3) is 0.500. The maximum atomic E-state index is 10.3. The van der Waals surface area contributed by atoms with E-state index in [1.165, 1.54) is 0 Å². The Kier molecular flexibility index (Phi) is 3.45. The van der Waals surface area contributed by atoms with E-state index < -0.39 is 5.60 Å². The molecule has 0 spiro atoms. The Morgan fingerprint density at radius 3 is 2.75 bits per heavy atom. The average molecular weight is 260 g/mol. The van der Waals surface area contributed by atoms with Crippen LogP contribution in [-0.4, -0.2) is 16.7 Å². The first-order valence-corrected chi connectivity index (χ1v) is 6.16. The number of benzene rings is 1. The maximum absolute atomic E-state index is 10.3. The van der Waals surface area contributed by atoms with E-state index in [9.17, 15) is 5.11 Å². The SMILES string of the molecule is NC1CCC(O)(Cc2ccc(Cl)cc2Cl)C1. The van der Waals surface area contributed by atoms with Gasteiger partial charge in [-0.15, -0.1) is 0 Å². The third-order valence-corrected chi connectivity index (χ3v) is 3.74. The molecule has 2 nitrogen and oxygen atoms in total. The molecule has 1 aromatic carbocycles.